The molecule has 0 amide bonds. The smallest absolute Gasteiger partial charge is 0.352 e. The average Bonchev–Trinajstić information content (AvgIpc) is 2.82. The number of nitrogens with one attached hydrogen (secondary N) is 2. The molecule has 1 fully saturated rings. The third-order valence-electron chi connectivity index (χ3n) is 4.06. The van der Waals surface area contributed by atoms with Gasteiger partial charge in [0.05, 0.1) is 6.10 Å². The summed E-state index contributed by atoms with van der Waals surface area (Å²) in [5.74, 6) is -3.22. The zero-order valence-corrected chi connectivity index (χ0v) is 13.2. The highest BCUT2D eigenvalue weighted by molar-refractivity contribution is 8.03. The average molecular weight is 330 g/mol. The van der Waals surface area contributed by atoms with Crippen molar-refractivity contribution < 1.29 is 24.9 Å². The Morgan fingerprint density at radius 1 is 1.27 bits per heavy atom. The Kier molecular flexibility index (Phi) is 5.71. The second-order valence-electron chi connectivity index (χ2n) is 5.73. The van der Waals surface area contributed by atoms with Gasteiger partial charge in [-0.2, -0.15) is 0 Å². The van der Waals surface area contributed by atoms with Gasteiger partial charge in [-0.1, -0.05) is 0 Å². The molecule has 0 aromatic rings. The van der Waals surface area contributed by atoms with Crippen LogP contribution in [0.15, 0.2) is 10.6 Å². The first kappa shape index (κ1) is 17.1. The highest BCUT2D eigenvalue weighted by Gasteiger charge is 2.39. The van der Waals surface area contributed by atoms with Gasteiger partial charge in [0.2, 0.25) is 0 Å². The lowest BCUT2D eigenvalue weighted by Gasteiger charge is -2.24. The summed E-state index contributed by atoms with van der Waals surface area (Å²) in [5, 5.41) is 34.7. The lowest BCUT2D eigenvalue weighted by Crippen LogP contribution is -2.43. The van der Waals surface area contributed by atoms with Crippen molar-refractivity contribution in [3.05, 3.63) is 10.6 Å². The Hall–Kier alpha value is -1.25. The fourth-order valence-electron chi connectivity index (χ4n) is 2.95. The highest BCUT2D eigenvalue weighted by atomic mass is 32.2. The molecule has 0 aromatic carbocycles. The van der Waals surface area contributed by atoms with E-state index in [0.29, 0.717) is 16.6 Å². The lowest BCUT2D eigenvalue weighted by atomic mass is 9.93. The maximum Gasteiger partial charge on any atom is 0.352 e. The summed E-state index contributed by atoms with van der Waals surface area (Å²) in [5.41, 5.74) is 0.0837. The lowest BCUT2D eigenvalue weighted by molar-refractivity contribution is -0.146. The molecule has 2 rings (SSSR count). The molecule has 0 unspecified atom stereocenters. The van der Waals surface area contributed by atoms with Crippen molar-refractivity contribution in [1.82, 2.24) is 10.6 Å². The van der Waals surface area contributed by atoms with Crippen LogP contribution in [-0.4, -0.2) is 57.7 Å². The van der Waals surface area contributed by atoms with Crippen LogP contribution in [0, 0.1) is 5.92 Å². The van der Waals surface area contributed by atoms with E-state index in [1.54, 1.807) is 0 Å². The molecular weight excluding hydrogens is 308 g/mol. The highest BCUT2D eigenvalue weighted by Crippen LogP contribution is 2.37. The summed E-state index contributed by atoms with van der Waals surface area (Å²) >= 11 is 1.53. The molecule has 8 heteroatoms. The number of carboxylic acid groups (broad SMARTS) is 2. The molecule has 0 radical (unpaired) electrons. The summed E-state index contributed by atoms with van der Waals surface area (Å²) in [7, 11) is 0. The van der Waals surface area contributed by atoms with Crippen molar-refractivity contribution in [2.45, 2.75) is 43.6 Å². The number of aliphatic carboxylic acids is 2. The molecule has 2 aliphatic rings. The molecular formula is C14H22N2O5S. The van der Waals surface area contributed by atoms with Gasteiger partial charge in [-0.05, 0) is 32.9 Å². The number of carboxylic acids is 2. The maximum atomic E-state index is 11.4. The minimum Gasteiger partial charge on any atom is -0.481 e. The number of hydrogen-bond donors (Lipinski definition) is 5. The zero-order chi connectivity index (χ0) is 16.3. The van der Waals surface area contributed by atoms with Crippen LogP contribution < -0.4 is 10.6 Å². The van der Waals surface area contributed by atoms with Gasteiger partial charge >= 0.3 is 11.9 Å². The van der Waals surface area contributed by atoms with Gasteiger partial charge in [0.15, 0.2) is 0 Å². The molecule has 2 aliphatic heterocycles. The minimum atomic E-state index is -1.12. The van der Waals surface area contributed by atoms with Crippen LogP contribution in [0.5, 0.6) is 0 Å². The minimum absolute atomic E-state index is 0.0837. The standard InChI is InChI=1S/C14H22N2O5S/c1-7(17)11(13(18)19)9-6-10(12(16-9)14(20)21)22-8-2-4-15-5-3-8/h7-9,11,15-17H,2-6H2,1H3,(H,18,19)(H,20,21)/t7-,9-,11-/m1/s1. The first-order chi connectivity index (χ1) is 10.4. The molecule has 5 N–H and O–H groups in total. The molecule has 3 atom stereocenters. The van der Waals surface area contributed by atoms with E-state index in [0.717, 1.165) is 25.9 Å². The van der Waals surface area contributed by atoms with Crippen LogP contribution in [0.2, 0.25) is 0 Å². The Bertz CT molecular complexity index is 474. The second-order valence-corrected chi connectivity index (χ2v) is 7.13. The molecule has 7 nitrogen and oxygen atoms in total. The van der Waals surface area contributed by atoms with Crippen molar-refractivity contribution in [2.75, 3.05) is 13.1 Å². The largest absolute Gasteiger partial charge is 0.481 e. The van der Waals surface area contributed by atoms with E-state index in [-0.39, 0.29) is 5.70 Å². The van der Waals surface area contributed by atoms with E-state index in [1.807, 2.05) is 0 Å². The number of aliphatic hydroxyl groups is 1. The summed E-state index contributed by atoms with van der Waals surface area (Å²) in [6.45, 7) is 3.24. The molecule has 0 aromatic heterocycles. The second kappa shape index (κ2) is 7.34. The van der Waals surface area contributed by atoms with E-state index in [9.17, 15) is 24.9 Å². The molecule has 124 valence electrons. The molecule has 2 heterocycles. The number of thioether (sulfide) groups is 1. The molecule has 22 heavy (non-hydrogen) atoms. The quantitative estimate of drug-likeness (QED) is 0.469. The Labute approximate surface area is 133 Å². The van der Waals surface area contributed by atoms with Crippen molar-refractivity contribution in [3.63, 3.8) is 0 Å². The number of rotatable bonds is 6. The number of aliphatic hydroxyl groups excluding tert-OH is 1. The normalized spacial score (nSPS) is 25.6. The molecule has 0 bridgehead atoms. The van der Waals surface area contributed by atoms with Crippen molar-refractivity contribution in [2.24, 2.45) is 5.92 Å². The van der Waals surface area contributed by atoms with Crippen molar-refractivity contribution in [3.8, 4) is 0 Å². The zero-order valence-electron chi connectivity index (χ0n) is 12.4. The third kappa shape index (κ3) is 3.93. The summed E-state index contributed by atoms with van der Waals surface area (Å²) < 4.78 is 0. The van der Waals surface area contributed by atoms with Gasteiger partial charge in [-0.3, -0.25) is 4.79 Å². The van der Waals surface area contributed by atoms with Crippen LogP contribution in [0.4, 0.5) is 0 Å². The van der Waals surface area contributed by atoms with Crippen molar-refractivity contribution in [1.29, 1.82) is 0 Å². The molecule has 0 aliphatic carbocycles. The molecule has 0 spiro atoms. The summed E-state index contributed by atoms with van der Waals surface area (Å²) in [6, 6.07) is -0.590. The van der Waals surface area contributed by atoms with Crippen LogP contribution in [0.1, 0.15) is 26.2 Å². The topological polar surface area (TPSA) is 119 Å². The maximum absolute atomic E-state index is 11.4. The summed E-state index contributed by atoms with van der Waals surface area (Å²) in [4.78, 5) is 23.4. The van der Waals surface area contributed by atoms with Crippen LogP contribution >= 0.6 is 11.8 Å². The van der Waals surface area contributed by atoms with E-state index in [4.69, 9.17) is 0 Å². The Balaban J connectivity index is 2.10. The first-order valence-corrected chi connectivity index (χ1v) is 8.29. The van der Waals surface area contributed by atoms with Gasteiger partial charge in [-0.25, -0.2) is 4.79 Å². The van der Waals surface area contributed by atoms with Gasteiger partial charge in [0.1, 0.15) is 11.6 Å². The third-order valence-corrected chi connectivity index (χ3v) is 5.52. The fraction of sp³-hybridized carbons (Fsp3) is 0.714. The predicted octanol–water partition coefficient (Wildman–Crippen LogP) is 0.211. The predicted molar refractivity (Wildman–Crippen MR) is 82.5 cm³/mol. The van der Waals surface area contributed by atoms with Gasteiger partial charge in [-0.15, -0.1) is 11.8 Å². The molecule has 0 saturated carbocycles. The fourth-order valence-corrected chi connectivity index (χ4v) is 4.37. The molecule has 1 saturated heterocycles. The number of carbonyl (C=O) groups is 2. The van der Waals surface area contributed by atoms with Gasteiger partial charge in [0.25, 0.3) is 0 Å². The van der Waals surface area contributed by atoms with Crippen molar-refractivity contribution >= 4 is 23.7 Å². The van der Waals surface area contributed by atoms with E-state index in [2.05, 4.69) is 10.6 Å². The van der Waals surface area contributed by atoms with Gasteiger partial charge in [0, 0.05) is 22.6 Å². The number of piperidine rings is 1. The van der Waals surface area contributed by atoms with E-state index >= 15 is 0 Å². The van der Waals surface area contributed by atoms with E-state index < -0.39 is 30.0 Å². The van der Waals surface area contributed by atoms with Crippen LogP contribution in [-0.2, 0) is 9.59 Å². The van der Waals surface area contributed by atoms with Gasteiger partial charge < -0.3 is 26.0 Å². The number of hydrogen-bond acceptors (Lipinski definition) is 6. The summed E-state index contributed by atoms with van der Waals surface area (Å²) in [6.07, 6.45) is 1.21. The van der Waals surface area contributed by atoms with E-state index in [1.165, 1.54) is 18.7 Å². The Morgan fingerprint density at radius 2 is 1.91 bits per heavy atom. The first-order valence-electron chi connectivity index (χ1n) is 7.41. The monoisotopic (exact) mass is 330 g/mol. The Morgan fingerprint density at radius 3 is 2.41 bits per heavy atom. The van der Waals surface area contributed by atoms with Crippen LogP contribution in [0.25, 0.3) is 0 Å². The SMILES string of the molecule is C[C@@H](O)[C@@H](C(=O)O)[C@H]1CC(SC2CCNCC2)=C(C(=O)O)N1. The van der Waals surface area contributed by atoms with Crippen LogP contribution in [0.3, 0.4) is 0 Å².